The number of aromatic amines is 1. The predicted molar refractivity (Wildman–Crippen MR) is 65.0 cm³/mol. The molecule has 0 amide bonds. The lowest BCUT2D eigenvalue weighted by Crippen LogP contribution is -2.26. The SMILES string of the molecule is CC(N)CC(C)Nc1cc2n[nH]c(=O)n2cn1. The van der Waals surface area contributed by atoms with Crippen LogP contribution in [0.25, 0.3) is 5.65 Å². The fourth-order valence-corrected chi connectivity index (χ4v) is 1.76. The van der Waals surface area contributed by atoms with E-state index in [-0.39, 0.29) is 17.8 Å². The predicted octanol–water partition coefficient (Wildman–Crippen LogP) is -0.0447. The number of H-pyrrole nitrogens is 1. The smallest absolute Gasteiger partial charge is 0.348 e. The maximum absolute atomic E-state index is 11.2. The van der Waals surface area contributed by atoms with Gasteiger partial charge in [0.1, 0.15) is 12.1 Å². The van der Waals surface area contributed by atoms with Crippen LogP contribution in [0.15, 0.2) is 17.2 Å². The number of nitrogens with one attached hydrogen (secondary N) is 2. The molecule has 4 N–H and O–H groups in total. The van der Waals surface area contributed by atoms with Crippen molar-refractivity contribution in [3.8, 4) is 0 Å². The third kappa shape index (κ3) is 2.62. The van der Waals surface area contributed by atoms with E-state index in [1.807, 2.05) is 13.8 Å². The molecule has 92 valence electrons. The Kier molecular flexibility index (Phi) is 3.10. The van der Waals surface area contributed by atoms with E-state index in [9.17, 15) is 4.79 Å². The van der Waals surface area contributed by atoms with E-state index in [2.05, 4.69) is 20.5 Å². The summed E-state index contributed by atoms with van der Waals surface area (Å²) < 4.78 is 1.35. The summed E-state index contributed by atoms with van der Waals surface area (Å²) in [5.74, 6) is 0.685. The first kappa shape index (κ1) is 11.6. The van der Waals surface area contributed by atoms with Gasteiger partial charge < -0.3 is 11.1 Å². The summed E-state index contributed by atoms with van der Waals surface area (Å²) in [4.78, 5) is 15.4. The highest BCUT2D eigenvalue weighted by molar-refractivity contribution is 5.48. The molecule has 7 heteroatoms. The second-order valence-electron chi connectivity index (χ2n) is 4.29. The first-order valence-electron chi connectivity index (χ1n) is 5.51. The van der Waals surface area contributed by atoms with Gasteiger partial charge in [0.2, 0.25) is 0 Å². The number of hydrogen-bond donors (Lipinski definition) is 3. The summed E-state index contributed by atoms with van der Waals surface area (Å²) in [6.07, 6.45) is 2.29. The molecule has 2 aromatic rings. The van der Waals surface area contributed by atoms with Crippen molar-refractivity contribution >= 4 is 11.5 Å². The highest BCUT2D eigenvalue weighted by atomic mass is 16.1. The summed E-state index contributed by atoms with van der Waals surface area (Å²) in [7, 11) is 0. The molecule has 0 aliphatic heterocycles. The first-order valence-corrected chi connectivity index (χ1v) is 5.51. The molecule has 7 nitrogen and oxygen atoms in total. The fourth-order valence-electron chi connectivity index (χ4n) is 1.76. The van der Waals surface area contributed by atoms with Crippen molar-refractivity contribution in [3.63, 3.8) is 0 Å². The average molecular weight is 236 g/mol. The number of fused-ring (bicyclic) bond motifs is 1. The summed E-state index contributed by atoms with van der Waals surface area (Å²) in [6.45, 7) is 3.99. The van der Waals surface area contributed by atoms with Gasteiger partial charge in [-0.1, -0.05) is 0 Å². The van der Waals surface area contributed by atoms with Gasteiger partial charge in [0.15, 0.2) is 5.65 Å². The molecular weight excluding hydrogens is 220 g/mol. The number of hydrogen-bond acceptors (Lipinski definition) is 5. The lowest BCUT2D eigenvalue weighted by molar-refractivity contribution is 0.603. The Morgan fingerprint density at radius 2 is 2.35 bits per heavy atom. The quantitative estimate of drug-likeness (QED) is 0.691. The number of nitrogens with two attached hydrogens (primary N) is 1. The van der Waals surface area contributed by atoms with E-state index in [1.54, 1.807) is 6.07 Å². The third-order valence-electron chi connectivity index (χ3n) is 2.43. The van der Waals surface area contributed by atoms with E-state index in [0.717, 1.165) is 6.42 Å². The van der Waals surface area contributed by atoms with Crippen LogP contribution >= 0.6 is 0 Å². The number of anilines is 1. The molecule has 2 atom stereocenters. The van der Waals surface area contributed by atoms with E-state index in [4.69, 9.17) is 5.73 Å². The molecule has 0 aliphatic rings. The first-order chi connectivity index (χ1) is 8.06. The minimum absolute atomic E-state index is 0.134. The Hall–Kier alpha value is -1.89. The third-order valence-corrected chi connectivity index (χ3v) is 2.43. The molecule has 2 aromatic heterocycles. The maximum atomic E-state index is 11.2. The molecular formula is C10H16N6O. The summed E-state index contributed by atoms with van der Waals surface area (Å²) in [5.41, 5.74) is 5.97. The van der Waals surface area contributed by atoms with Gasteiger partial charge >= 0.3 is 5.69 Å². The summed E-state index contributed by atoms with van der Waals surface area (Å²) in [6, 6.07) is 2.07. The number of aromatic nitrogens is 4. The van der Waals surface area contributed by atoms with Gasteiger partial charge in [0.25, 0.3) is 0 Å². The maximum Gasteiger partial charge on any atom is 0.348 e. The Bertz CT molecular complexity index is 557. The molecule has 2 heterocycles. The molecule has 0 fully saturated rings. The van der Waals surface area contributed by atoms with Gasteiger partial charge in [0, 0.05) is 18.2 Å². The minimum atomic E-state index is -0.289. The van der Waals surface area contributed by atoms with E-state index in [1.165, 1.54) is 10.7 Å². The number of nitrogens with zero attached hydrogens (tertiary/aromatic N) is 3. The topological polar surface area (TPSA) is 101 Å². The molecule has 0 saturated heterocycles. The number of rotatable bonds is 4. The minimum Gasteiger partial charge on any atom is -0.367 e. The van der Waals surface area contributed by atoms with Crippen LogP contribution in [0.2, 0.25) is 0 Å². The van der Waals surface area contributed by atoms with Crippen molar-refractivity contribution in [3.05, 3.63) is 22.9 Å². The highest BCUT2D eigenvalue weighted by Crippen LogP contribution is 2.08. The van der Waals surface area contributed by atoms with Crippen LogP contribution in [0.4, 0.5) is 5.82 Å². The van der Waals surface area contributed by atoms with Gasteiger partial charge in [-0.15, -0.1) is 0 Å². The average Bonchev–Trinajstić information content (AvgIpc) is 2.58. The van der Waals surface area contributed by atoms with Crippen molar-refractivity contribution in [2.75, 3.05) is 5.32 Å². The molecule has 2 rings (SSSR count). The van der Waals surface area contributed by atoms with Crippen LogP contribution in [-0.4, -0.2) is 31.7 Å². The van der Waals surface area contributed by atoms with Crippen LogP contribution in [0.3, 0.4) is 0 Å². The molecule has 2 unspecified atom stereocenters. The summed E-state index contributed by atoms with van der Waals surface area (Å²) >= 11 is 0. The Morgan fingerprint density at radius 1 is 1.59 bits per heavy atom. The summed E-state index contributed by atoms with van der Waals surface area (Å²) in [5, 5.41) is 9.44. The van der Waals surface area contributed by atoms with Crippen molar-refractivity contribution in [1.29, 1.82) is 0 Å². The Labute approximate surface area is 98.1 Å². The van der Waals surface area contributed by atoms with Crippen molar-refractivity contribution in [2.24, 2.45) is 5.73 Å². The largest absolute Gasteiger partial charge is 0.367 e. The molecule has 0 aliphatic carbocycles. The molecule has 0 saturated carbocycles. The lowest BCUT2D eigenvalue weighted by Gasteiger charge is -2.16. The molecule has 0 bridgehead atoms. The normalized spacial score (nSPS) is 14.8. The molecule has 17 heavy (non-hydrogen) atoms. The fraction of sp³-hybridized carbons (Fsp3) is 0.500. The Balaban J connectivity index is 2.16. The van der Waals surface area contributed by atoms with Crippen molar-refractivity contribution in [1.82, 2.24) is 19.6 Å². The van der Waals surface area contributed by atoms with Crippen LogP contribution < -0.4 is 16.7 Å². The van der Waals surface area contributed by atoms with Crippen LogP contribution in [0, 0.1) is 0 Å². The van der Waals surface area contributed by atoms with Gasteiger partial charge in [0.05, 0.1) is 0 Å². The van der Waals surface area contributed by atoms with Crippen molar-refractivity contribution < 1.29 is 0 Å². The molecule has 0 aromatic carbocycles. The van der Waals surface area contributed by atoms with Crippen LogP contribution in [0.1, 0.15) is 20.3 Å². The van der Waals surface area contributed by atoms with Crippen molar-refractivity contribution in [2.45, 2.75) is 32.4 Å². The highest BCUT2D eigenvalue weighted by Gasteiger charge is 2.07. The Morgan fingerprint density at radius 3 is 3.06 bits per heavy atom. The van der Waals surface area contributed by atoms with Gasteiger partial charge in [-0.2, -0.15) is 5.10 Å². The monoisotopic (exact) mass is 236 g/mol. The van der Waals surface area contributed by atoms with Gasteiger partial charge in [-0.25, -0.2) is 19.3 Å². The molecule has 0 spiro atoms. The van der Waals surface area contributed by atoms with E-state index < -0.39 is 0 Å². The van der Waals surface area contributed by atoms with Gasteiger partial charge in [-0.05, 0) is 20.3 Å². The second kappa shape index (κ2) is 4.54. The zero-order chi connectivity index (χ0) is 12.4. The van der Waals surface area contributed by atoms with Gasteiger partial charge in [-0.3, -0.25) is 0 Å². The zero-order valence-corrected chi connectivity index (χ0v) is 9.84. The standard InChI is InChI=1S/C10H16N6O/c1-6(11)3-7(2)13-8-4-9-14-15-10(17)16(9)5-12-8/h4-7,13H,3,11H2,1-2H3,(H,15,17). The lowest BCUT2D eigenvalue weighted by atomic mass is 10.1. The van der Waals surface area contributed by atoms with Crippen LogP contribution in [0.5, 0.6) is 0 Å². The zero-order valence-electron chi connectivity index (χ0n) is 9.84. The van der Waals surface area contributed by atoms with E-state index in [0.29, 0.717) is 11.5 Å². The van der Waals surface area contributed by atoms with Crippen LogP contribution in [-0.2, 0) is 0 Å². The molecule has 0 radical (unpaired) electrons. The second-order valence-corrected chi connectivity index (χ2v) is 4.29. The van der Waals surface area contributed by atoms with E-state index >= 15 is 0 Å².